The largest absolute Gasteiger partial charge is 0.345 e. The molecule has 4 rings (SSSR count). The second-order valence-corrected chi connectivity index (χ2v) is 7.20. The van der Waals surface area contributed by atoms with Gasteiger partial charge in [0.1, 0.15) is 11.6 Å². The van der Waals surface area contributed by atoms with E-state index in [0.29, 0.717) is 6.54 Å². The van der Waals surface area contributed by atoms with Gasteiger partial charge < -0.3 is 10.3 Å². The number of likely N-dealkylation sites (tertiary alicyclic amines) is 1. The maximum atomic E-state index is 13.2. The second-order valence-electron chi connectivity index (χ2n) is 7.20. The Labute approximate surface area is 163 Å². The van der Waals surface area contributed by atoms with Crippen LogP contribution in [-0.2, 0) is 11.3 Å². The minimum atomic E-state index is -0.262. The number of carbonyl (C=O) groups excluding carboxylic acids is 1. The number of benzene rings is 2. The van der Waals surface area contributed by atoms with Gasteiger partial charge in [-0.1, -0.05) is 24.3 Å². The first-order valence-electron chi connectivity index (χ1n) is 9.50. The maximum Gasteiger partial charge on any atom is 0.241 e. The molecule has 5 nitrogen and oxygen atoms in total. The molecule has 0 aliphatic carbocycles. The molecule has 6 heteroatoms. The Bertz CT molecular complexity index is 967. The van der Waals surface area contributed by atoms with Crippen LogP contribution in [0.25, 0.3) is 11.1 Å². The lowest BCUT2D eigenvalue weighted by Crippen LogP contribution is -2.39. The third kappa shape index (κ3) is 4.12. The number of imidazole rings is 1. The number of rotatable bonds is 5. The first-order valence-corrected chi connectivity index (χ1v) is 9.50. The SMILES string of the molecule is Cc1ncc(CN2CCC[C@H]2C(=O)Nc2cccc(-c3ccc(F)cc3)c2)[nH]1. The highest BCUT2D eigenvalue weighted by Gasteiger charge is 2.31. The zero-order chi connectivity index (χ0) is 19.5. The summed E-state index contributed by atoms with van der Waals surface area (Å²) in [5.74, 6) is 0.625. The molecule has 1 aliphatic heterocycles. The van der Waals surface area contributed by atoms with Crippen molar-refractivity contribution in [2.75, 3.05) is 11.9 Å². The van der Waals surface area contributed by atoms with Gasteiger partial charge in [0.05, 0.1) is 6.04 Å². The summed E-state index contributed by atoms with van der Waals surface area (Å²) in [6.07, 6.45) is 3.67. The fourth-order valence-corrected chi connectivity index (χ4v) is 3.73. The third-order valence-electron chi connectivity index (χ3n) is 5.10. The normalized spacial score (nSPS) is 17.0. The Morgan fingerprint density at radius 1 is 1.25 bits per heavy atom. The molecule has 1 atom stereocenters. The van der Waals surface area contributed by atoms with E-state index in [9.17, 15) is 9.18 Å². The molecular formula is C22H23FN4O. The van der Waals surface area contributed by atoms with Crippen LogP contribution in [0.1, 0.15) is 24.4 Å². The fraction of sp³-hybridized carbons (Fsp3) is 0.273. The summed E-state index contributed by atoms with van der Waals surface area (Å²) in [5.41, 5.74) is 3.62. The number of hydrogen-bond donors (Lipinski definition) is 2. The summed E-state index contributed by atoms with van der Waals surface area (Å²) in [6, 6.07) is 13.8. The van der Waals surface area contributed by atoms with Gasteiger partial charge in [0.2, 0.25) is 5.91 Å². The molecular weight excluding hydrogens is 355 g/mol. The molecule has 2 aromatic carbocycles. The Kier molecular flexibility index (Phi) is 5.21. The number of H-pyrrole nitrogens is 1. The predicted molar refractivity (Wildman–Crippen MR) is 107 cm³/mol. The highest BCUT2D eigenvalue weighted by molar-refractivity contribution is 5.95. The van der Waals surface area contributed by atoms with E-state index >= 15 is 0 Å². The Morgan fingerprint density at radius 2 is 2.07 bits per heavy atom. The highest BCUT2D eigenvalue weighted by Crippen LogP contribution is 2.25. The molecule has 1 saturated heterocycles. The number of amides is 1. The van der Waals surface area contributed by atoms with Crippen LogP contribution >= 0.6 is 0 Å². The Morgan fingerprint density at radius 3 is 2.82 bits per heavy atom. The maximum absolute atomic E-state index is 13.2. The fourth-order valence-electron chi connectivity index (χ4n) is 3.73. The molecule has 0 saturated carbocycles. The molecule has 1 fully saturated rings. The van der Waals surface area contributed by atoms with Crippen molar-refractivity contribution >= 4 is 11.6 Å². The van der Waals surface area contributed by atoms with Crippen LogP contribution in [0, 0.1) is 12.7 Å². The van der Waals surface area contributed by atoms with E-state index in [-0.39, 0.29) is 17.8 Å². The lowest BCUT2D eigenvalue weighted by Gasteiger charge is -2.23. The van der Waals surface area contributed by atoms with Crippen LogP contribution < -0.4 is 5.32 Å². The van der Waals surface area contributed by atoms with Crippen LogP contribution in [0.3, 0.4) is 0 Å². The summed E-state index contributed by atoms with van der Waals surface area (Å²) < 4.78 is 13.2. The van der Waals surface area contributed by atoms with E-state index in [2.05, 4.69) is 20.2 Å². The van der Waals surface area contributed by atoms with E-state index in [4.69, 9.17) is 0 Å². The molecule has 0 spiro atoms. The van der Waals surface area contributed by atoms with Gasteiger partial charge in [-0.25, -0.2) is 9.37 Å². The average molecular weight is 378 g/mol. The number of carbonyl (C=O) groups is 1. The highest BCUT2D eigenvalue weighted by atomic mass is 19.1. The molecule has 3 aromatic rings. The van der Waals surface area contributed by atoms with Crippen molar-refractivity contribution in [3.63, 3.8) is 0 Å². The second kappa shape index (κ2) is 7.94. The van der Waals surface area contributed by atoms with Gasteiger partial charge in [-0.15, -0.1) is 0 Å². The first kappa shape index (κ1) is 18.4. The predicted octanol–water partition coefficient (Wildman–Crippen LogP) is 4.13. The number of hydrogen-bond acceptors (Lipinski definition) is 3. The van der Waals surface area contributed by atoms with Crippen LogP contribution in [-0.4, -0.2) is 33.4 Å². The van der Waals surface area contributed by atoms with Crippen LogP contribution in [0.4, 0.5) is 10.1 Å². The van der Waals surface area contributed by atoms with Crippen LogP contribution in [0.5, 0.6) is 0 Å². The van der Waals surface area contributed by atoms with E-state index in [1.807, 2.05) is 37.4 Å². The van der Waals surface area contributed by atoms with Crippen molar-refractivity contribution in [2.45, 2.75) is 32.4 Å². The number of aryl methyl sites for hydroxylation is 1. The summed E-state index contributed by atoms with van der Waals surface area (Å²) in [4.78, 5) is 22.5. The summed E-state index contributed by atoms with van der Waals surface area (Å²) >= 11 is 0. The topological polar surface area (TPSA) is 61.0 Å². The van der Waals surface area contributed by atoms with Crippen molar-refractivity contribution < 1.29 is 9.18 Å². The molecule has 0 bridgehead atoms. The standard InChI is InChI=1S/C22H23FN4O/c1-15-24-13-20(25-15)14-27-11-3-6-21(27)22(28)26-19-5-2-4-17(12-19)16-7-9-18(23)10-8-16/h2,4-5,7-10,12-13,21H,3,6,11,14H2,1H3,(H,24,25)(H,26,28)/t21-/m0/s1. The van der Waals surface area contributed by atoms with Crippen molar-refractivity contribution in [1.29, 1.82) is 0 Å². The minimum Gasteiger partial charge on any atom is -0.345 e. The number of aromatic nitrogens is 2. The van der Waals surface area contributed by atoms with Gasteiger partial charge in [0.25, 0.3) is 0 Å². The zero-order valence-corrected chi connectivity index (χ0v) is 15.8. The van der Waals surface area contributed by atoms with Crippen molar-refractivity contribution in [3.8, 4) is 11.1 Å². The van der Waals surface area contributed by atoms with Gasteiger partial charge in [-0.2, -0.15) is 0 Å². The smallest absolute Gasteiger partial charge is 0.241 e. The molecule has 1 amide bonds. The van der Waals surface area contributed by atoms with Gasteiger partial charge in [0, 0.05) is 24.1 Å². The molecule has 1 aliphatic rings. The number of halogens is 1. The molecule has 28 heavy (non-hydrogen) atoms. The number of aromatic amines is 1. The molecule has 2 heterocycles. The number of nitrogens with one attached hydrogen (secondary N) is 2. The lowest BCUT2D eigenvalue weighted by atomic mass is 10.0. The summed E-state index contributed by atoms with van der Waals surface area (Å²) in [6.45, 7) is 3.51. The van der Waals surface area contributed by atoms with Gasteiger partial charge in [-0.05, 0) is 61.7 Å². The van der Waals surface area contributed by atoms with Crippen molar-refractivity contribution in [3.05, 3.63) is 72.1 Å². The molecule has 2 N–H and O–H groups in total. The van der Waals surface area contributed by atoms with Crippen molar-refractivity contribution in [1.82, 2.24) is 14.9 Å². The Hall–Kier alpha value is -2.99. The van der Waals surface area contributed by atoms with E-state index in [1.54, 1.807) is 12.1 Å². The monoisotopic (exact) mass is 378 g/mol. The van der Waals surface area contributed by atoms with Crippen LogP contribution in [0.15, 0.2) is 54.7 Å². The van der Waals surface area contributed by atoms with E-state index in [0.717, 1.165) is 47.7 Å². The van der Waals surface area contributed by atoms with Gasteiger partial charge >= 0.3 is 0 Å². The van der Waals surface area contributed by atoms with E-state index in [1.165, 1.54) is 12.1 Å². The van der Waals surface area contributed by atoms with E-state index < -0.39 is 0 Å². The lowest BCUT2D eigenvalue weighted by molar-refractivity contribution is -0.120. The zero-order valence-electron chi connectivity index (χ0n) is 15.8. The van der Waals surface area contributed by atoms with Gasteiger partial charge in [-0.3, -0.25) is 9.69 Å². The molecule has 144 valence electrons. The summed E-state index contributed by atoms with van der Waals surface area (Å²) in [5, 5.41) is 3.05. The molecule has 0 radical (unpaired) electrons. The molecule has 1 aromatic heterocycles. The van der Waals surface area contributed by atoms with Gasteiger partial charge in [0.15, 0.2) is 0 Å². The average Bonchev–Trinajstić information content (AvgIpc) is 3.32. The van der Waals surface area contributed by atoms with Crippen molar-refractivity contribution in [2.24, 2.45) is 0 Å². The molecule has 0 unspecified atom stereocenters. The minimum absolute atomic E-state index is 0.00462. The van der Waals surface area contributed by atoms with Crippen LogP contribution in [0.2, 0.25) is 0 Å². The Balaban J connectivity index is 1.45. The quantitative estimate of drug-likeness (QED) is 0.702. The summed E-state index contributed by atoms with van der Waals surface area (Å²) in [7, 11) is 0. The first-order chi connectivity index (χ1) is 13.6. The number of nitrogens with zero attached hydrogens (tertiary/aromatic N) is 2. The third-order valence-corrected chi connectivity index (χ3v) is 5.10. The number of anilines is 1.